The van der Waals surface area contributed by atoms with Crippen molar-refractivity contribution in [3.8, 4) is 0 Å². The van der Waals surface area contributed by atoms with Gasteiger partial charge in [0, 0.05) is 0 Å². The van der Waals surface area contributed by atoms with E-state index in [1.807, 2.05) is 0 Å². The molecule has 0 aromatic heterocycles. The average Bonchev–Trinajstić information content (AvgIpc) is 2.00. The average molecular weight is 240 g/mol. The number of rotatable bonds is 3. The molecule has 0 aliphatic rings. The lowest BCUT2D eigenvalue weighted by molar-refractivity contribution is -0.202. The summed E-state index contributed by atoms with van der Waals surface area (Å²) < 4.78 is 79.9. The third kappa shape index (κ3) is 1.80. The van der Waals surface area contributed by atoms with Crippen molar-refractivity contribution in [2.45, 2.75) is 11.2 Å². The largest absolute Gasteiger partial charge is 0.464 e. The molecule has 0 aromatic rings. The minimum absolute atomic E-state index is 0.357. The van der Waals surface area contributed by atoms with E-state index in [0.717, 1.165) is 0 Å². The van der Waals surface area contributed by atoms with Crippen LogP contribution in [0.5, 0.6) is 0 Å². The molecular weight excluding hydrogens is 236 g/mol. The quantitative estimate of drug-likeness (QED) is 0.435. The van der Waals surface area contributed by atoms with Crippen molar-refractivity contribution < 1.29 is 40.1 Å². The van der Waals surface area contributed by atoms with Crippen molar-refractivity contribution in [1.82, 2.24) is 0 Å². The summed E-state index contributed by atoms with van der Waals surface area (Å²) in [7, 11) is -6.04. The highest BCUT2D eigenvalue weighted by Crippen LogP contribution is 2.38. The molecule has 0 atom stereocenters. The molecule has 0 saturated carbocycles. The maximum absolute atomic E-state index is 12.3. The first-order chi connectivity index (χ1) is 5.98. The molecule has 10 heteroatoms. The number of alkyl halides is 4. The van der Waals surface area contributed by atoms with Crippen molar-refractivity contribution >= 4 is 16.1 Å². The molecule has 0 rings (SSSR count). The molecule has 0 aromatic carbocycles. The maximum Gasteiger partial charge on any atom is 0.443 e. The molecule has 14 heavy (non-hydrogen) atoms. The van der Waals surface area contributed by atoms with Gasteiger partial charge in [-0.2, -0.15) is 26.0 Å². The number of halogens is 4. The maximum atomic E-state index is 12.3. The third-order valence-corrected chi connectivity index (χ3v) is 2.04. The van der Waals surface area contributed by atoms with Gasteiger partial charge in [-0.1, -0.05) is 0 Å². The second-order valence-electron chi connectivity index (χ2n) is 2.06. The van der Waals surface area contributed by atoms with Gasteiger partial charge in [-0.15, -0.1) is 0 Å². The Morgan fingerprint density at radius 1 is 1.29 bits per heavy atom. The van der Waals surface area contributed by atoms with Crippen molar-refractivity contribution in [2.75, 3.05) is 7.11 Å². The van der Waals surface area contributed by atoms with Crippen LogP contribution in [0.1, 0.15) is 0 Å². The number of hydrogen-bond acceptors (Lipinski definition) is 4. The Balaban J connectivity index is 5.40. The summed E-state index contributed by atoms with van der Waals surface area (Å²) in [5, 5.41) is -5.92. The molecule has 0 saturated heterocycles. The van der Waals surface area contributed by atoms with Crippen LogP contribution in [0.4, 0.5) is 17.6 Å². The zero-order valence-corrected chi connectivity index (χ0v) is 7.32. The Morgan fingerprint density at radius 3 is 1.86 bits per heavy atom. The van der Waals surface area contributed by atoms with E-state index >= 15 is 0 Å². The monoisotopic (exact) mass is 240 g/mol. The second-order valence-corrected chi connectivity index (χ2v) is 3.52. The van der Waals surface area contributed by atoms with Gasteiger partial charge in [-0.05, 0) is 0 Å². The van der Waals surface area contributed by atoms with E-state index in [9.17, 15) is 30.8 Å². The minimum Gasteiger partial charge on any atom is -0.464 e. The Bertz CT molecular complexity index is 334. The highest BCUT2D eigenvalue weighted by molar-refractivity contribution is 7.87. The zero-order valence-electron chi connectivity index (χ0n) is 6.50. The van der Waals surface area contributed by atoms with Crippen LogP contribution in [-0.2, 0) is 19.6 Å². The fourth-order valence-corrected chi connectivity index (χ4v) is 0.816. The van der Waals surface area contributed by atoms with Crippen LogP contribution in [0, 0.1) is 0 Å². The van der Waals surface area contributed by atoms with Crippen molar-refractivity contribution in [2.24, 2.45) is 0 Å². The highest BCUT2D eigenvalue weighted by atomic mass is 32.2. The molecule has 0 heterocycles. The molecule has 0 unspecified atom stereocenters. The number of hydrogen-bond donors (Lipinski definition) is 1. The minimum atomic E-state index is -6.40. The third-order valence-electron chi connectivity index (χ3n) is 1.13. The van der Waals surface area contributed by atoms with Gasteiger partial charge in [0.25, 0.3) is 0 Å². The van der Waals surface area contributed by atoms with E-state index < -0.39 is 27.3 Å². The van der Waals surface area contributed by atoms with Crippen LogP contribution in [0.15, 0.2) is 0 Å². The predicted octanol–water partition coefficient (Wildman–Crippen LogP) is 0.275. The van der Waals surface area contributed by atoms with Crippen molar-refractivity contribution in [1.29, 1.82) is 0 Å². The van der Waals surface area contributed by atoms with E-state index in [1.54, 1.807) is 0 Å². The van der Waals surface area contributed by atoms with Gasteiger partial charge in [0.2, 0.25) is 0 Å². The molecule has 0 bridgehead atoms. The zero-order chi connectivity index (χ0) is 11.8. The molecule has 0 radical (unpaired) electrons. The SMILES string of the molecule is COC(=O)C(F)(F)C(F)(F)S(=O)(=O)O. The van der Waals surface area contributed by atoms with E-state index in [1.165, 1.54) is 0 Å². The summed E-state index contributed by atoms with van der Waals surface area (Å²) in [6, 6.07) is 0. The summed E-state index contributed by atoms with van der Waals surface area (Å²) in [4.78, 5) is 10.1. The Kier molecular flexibility index (Phi) is 3.13. The molecule has 84 valence electrons. The lowest BCUT2D eigenvalue weighted by Gasteiger charge is -2.20. The lowest BCUT2D eigenvalue weighted by Crippen LogP contribution is -2.52. The van der Waals surface area contributed by atoms with Crippen LogP contribution in [-0.4, -0.2) is 37.2 Å². The van der Waals surface area contributed by atoms with Crippen LogP contribution < -0.4 is 0 Å². The molecular formula is C4H4F4O5S. The first-order valence-electron chi connectivity index (χ1n) is 2.79. The Labute approximate surface area is 75.4 Å². The Morgan fingerprint density at radius 2 is 1.64 bits per heavy atom. The first-order valence-corrected chi connectivity index (χ1v) is 4.23. The number of methoxy groups -OCH3 is 1. The van der Waals surface area contributed by atoms with Gasteiger partial charge in [0.1, 0.15) is 0 Å². The van der Waals surface area contributed by atoms with E-state index in [0.29, 0.717) is 7.11 Å². The van der Waals surface area contributed by atoms with Crippen LogP contribution in [0.25, 0.3) is 0 Å². The van der Waals surface area contributed by atoms with Gasteiger partial charge in [-0.25, -0.2) is 4.79 Å². The van der Waals surface area contributed by atoms with E-state index in [2.05, 4.69) is 4.74 Å². The lowest BCUT2D eigenvalue weighted by atomic mass is 10.3. The topological polar surface area (TPSA) is 80.7 Å². The van der Waals surface area contributed by atoms with Gasteiger partial charge < -0.3 is 4.74 Å². The fourth-order valence-electron chi connectivity index (χ4n) is 0.409. The summed E-state index contributed by atoms with van der Waals surface area (Å²) in [5.41, 5.74) is 0. The number of carbonyl (C=O) groups excluding carboxylic acids is 1. The van der Waals surface area contributed by atoms with Gasteiger partial charge >= 0.3 is 27.3 Å². The smallest absolute Gasteiger partial charge is 0.443 e. The molecule has 0 spiro atoms. The van der Waals surface area contributed by atoms with Crippen LogP contribution in [0.3, 0.4) is 0 Å². The summed E-state index contributed by atoms with van der Waals surface area (Å²) in [6.07, 6.45) is 0. The number of esters is 1. The second kappa shape index (κ2) is 3.35. The van der Waals surface area contributed by atoms with Crippen LogP contribution in [0.2, 0.25) is 0 Å². The number of ether oxygens (including phenoxy) is 1. The molecule has 0 amide bonds. The van der Waals surface area contributed by atoms with Crippen LogP contribution >= 0.6 is 0 Å². The molecule has 1 N–H and O–H groups in total. The van der Waals surface area contributed by atoms with E-state index in [-0.39, 0.29) is 0 Å². The fraction of sp³-hybridized carbons (Fsp3) is 0.750. The summed E-state index contributed by atoms with van der Waals surface area (Å²) in [5.74, 6) is -8.41. The predicted molar refractivity (Wildman–Crippen MR) is 33.5 cm³/mol. The summed E-state index contributed by atoms with van der Waals surface area (Å²) in [6.45, 7) is 0. The van der Waals surface area contributed by atoms with Crippen molar-refractivity contribution in [3.05, 3.63) is 0 Å². The molecule has 0 aliphatic heterocycles. The molecule has 5 nitrogen and oxygen atoms in total. The van der Waals surface area contributed by atoms with Gasteiger partial charge in [0.15, 0.2) is 0 Å². The van der Waals surface area contributed by atoms with Gasteiger partial charge in [-0.3, -0.25) is 4.55 Å². The molecule has 0 fully saturated rings. The van der Waals surface area contributed by atoms with E-state index in [4.69, 9.17) is 4.55 Å². The molecule has 0 aliphatic carbocycles. The van der Waals surface area contributed by atoms with Gasteiger partial charge in [0.05, 0.1) is 7.11 Å². The highest BCUT2D eigenvalue weighted by Gasteiger charge is 2.71. The first kappa shape index (κ1) is 13.1. The van der Waals surface area contributed by atoms with Crippen molar-refractivity contribution in [3.63, 3.8) is 0 Å². The standard InChI is InChI=1S/C4H4F4O5S/c1-13-2(9)3(5,6)4(7,8)14(10,11)12/h1H3,(H,10,11,12). The Hall–Kier alpha value is -0.900. The summed E-state index contributed by atoms with van der Waals surface area (Å²) >= 11 is 0. The number of carbonyl (C=O) groups is 1. The normalized spacial score (nSPS) is 13.9.